The molecule has 0 radical (unpaired) electrons. The third-order valence-corrected chi connectivity index (χ3v) is 3.87. The average Bonchev–Trinajstić information content (AvgIpc) is 2.91. The summed E-state index contributed by atoms with van der Waals surface area (Å²) in [5, 5.41) is 4.86. The minimum absolute atomic E-state index is 0.105. The average molecular weight is 300 g/mol. The van der Waals surface area contributed by atoms with Crippen LogP contribution in [0.15, 0.2) is 35.8 Å². The molecule has 2 nitrogen and oxygen atoms in total. The van der Waals surface area contributed by atoms with Crippen LogP contribution in [0.3, 0.4) is 0 Å². The number of anilines is 1. The number of rotatable bonds is 5. The molecule has 108 valence electrons. The summed E-state index contributed by atoms with van der Waals surface area (Å²) in [6.07, 6.45) is -1.39. The highest BCUT2D eigenvalue weighted by atomic mass is 32.1. The summed E-state index contributed by atoms with van der Waals surface area (Å²) in [5.74, 6) is -0.105. The summed E-state index contributed by atoms with van der Waals surface area (Å²) in [6.45, 7) is 2.01. The van der Waals surface area contributed by atoms with Crippen LogP contribution in [0, 0.1) is 0 Å². The van der Waals surface area contributed by atoms with Crippen molar-refractivity contribution in [3.8, 4) is 0 Å². The molecule has 6 heteroatoms. The van der Waals surface area contributed by atoms with E-state index in [4.69, 9.17) is 0 Å². The minimum Gasteiger partial charge on any atom is -0.362 e. The lowest BCUT2D eigenvalue weighted by Crippen LogP contribution is -2.16. The number of thiophene rings is 1. The van der Waals surface area contributed by atoms with Gasteiger partial charge in [0, 0.05) is 11.1 Å². The minimum atomic E-state index is -4.40. The van der Waals surface area contributed by atoms with E-state index in [1.807, 2.05) is 24.4 Å². The van der Waals surface area contributed by atoms with E-state index >= 15 is 0 Å². The Kier molecular flexibility index (Phi) is 4.65. The molecule has 0 saturated carbocycles. The number of nitrogens with zero attached hydrogens (tertiary/aromatic N) is 1. The van der Waals surface area contributed by atoms with Crippen molar-refractivity contribution in [2.24, 2.45) is 0 Å². The Labute approximate surface area is 119 Å². The van der Waals surface area contributed by atoms with Gasteiger partial charge in [0.1, 0.15) is 5.82 Å². The van der Waals surface area contributed by atoms with Gasteiger partial charge in [0.15, 0.2) is 0 Å². The van der Waals surface area contributed by atoms with E-state index in [9.17, 15) is 13.2 Å². The van der Waals surface area contributed by atoms with Crippen molar-refractivity contribution in [3.63, 3.8) is 0 Å². The van der Waals surface area contributed by atoms with E-state index in [1.54, 1.807) is 0 Å². The number of hydrogen-bond donors (Lipinski definition) is 1. The third kappa shape index (κ3) is 3.50. The van der Waals surface area contributed by atoms with Crippen molar-refractivity contribution in [2.45, 2.75) is 32.0 Å². The van der Waals surface area contributed by atoms with Crippen LogP contribution in [0.25, 0.3) is 0 Å². The molecule has 0 amide bonds. The number of alkyl halides is 3. The summed E-state index contributed by atoms with van der Waals surface area (Å²) in [4.78, 5) is 4.87. The summed E-state index contributed by atoms with van der Waals surface area (Å²) in [5.41, 5.74) is -0.724. The lowest BCUT2D eigenvalue weighted by atomic mass is 10.1. The van der Waals surface area contributed by atoms with Gasteiger partial charge in [-0.2, -0.15) is 13.2 Å². The van der Waals surface area contributed by atoms with E-state index in [1.165, 1.54) is 23.6 Å². The first-order chi connectivity index (χ1) is 9.52. The lowest BCUT2D eigenvalue weighted by Gasteiger charge is -2.20. The van der Waals surface area contributed by atoms with Crippen molar-refractivity contribution in [1.29, 1.82) is 0 Å². The molecule has 0 aliphatic heterocycles. The van der Waals surface area contributed by atoms with Crippen LogP contribution in [-0.2, 0) is 6.18 Å². The van der Waals surface area contributed by atoms with Crippen LogP contribution in [-0.4, -0.2) is 4.98 Å². The van der Waals surface area contributed by atoms with Gasteiger partial charge in [-0.05, 0) is 30.0 Å². The maximum Gasteiger partial charge on any atom is 0.419 e. The number of aromatic nitrogens is 1. The first kappa shape index (κ1) is 14.8. The number of hydrogen-bond acceptors (Lipinski definition) is 3. The molecular formula is C14H15F3N2S. The van der Waals surface area contributed by atoms with Crippen LogP contribution in [0.1, 0.15) is 36.2 Å². The molecule has 0 spiro atoms. The molecule has 0 aromatic carbocycles. The first-order valence-electron chi connectivity index (χ1n) is 6.34. The Bertz CT molecular complexity index is 538. The predicted molar refractivity (Wildman–Crippen MR) is 74.8 cm³/mol. The summed E-state index contributed by atoms with van der Waals surface area (Å²) in [6, 6.07) is 6.03. The third-order valence-electron chi connectivity index (χ3n) is 2.89. The second kappa shape index (κ2) is 6.26. The molecule has 0 bridgehead atoms. The maximum absolute atomic E-state index is 12.9. The Hall–Kier alpha value is -1.56. The molecule has 0 aliphatic carbocycles. The van der Waals surface area contributed by atoms with E-state index < -0.39 is 11.7 Å². The fourth-order valence-corrected chi connectivity index (χ4v) is 2.79. The standard InChI is InChI=1S/C14H15F3N2S/c1-2-5-11(12-7-4-9-20-12)19-13-10(14(15,16)17)6-3-8-18-13/h3-4,6-9,11H,2,5H2,1H3,(H,18,19). The highest BCUT2D eigenvalue weighted by Crippen LogP contribution is 2.36. The quantitative estimate of drug-likeness (QED) is 0.829. The topological polar surface area (TPSA) is 24.9 Å². The smallest absolute Gasteiger partial charge is 0.362 e. The highest BCUT2D eigenvalue weighted by molar-refractivity contribution is 7.10. The molecule has 2 aromatic rings. The summed E-state index contributed by atoms with van der Waals surface area (Å²) < 4.78 is 38.8. The zero-order chi connectivity index (χ0) is 14.6. The molecule has 1 N–H and O–H groups in total. The van der Waals surface area contributed by atoms with Crippen LogP contribution >= 0.6 is 11.3 Å². The Morgan fingerprint density at radius 1 is 1.30 bits per heavy atom. The van der Waals surface area contributed by atoms with Crippen molar-refractivity contribution in [1.82, 2.24) is 4.98 Å². The number of halogens is 3. The summed E-state index contributed by atoms with van der Waals surface area (Å²) in [7, 11) is 0. The molecule has 2 heterocycles. The van der Waals surface area contributed by atoms with Crippen LogP contribution in [0.2, 0.25) is 0 Å². The zero-order valence-electron chi connectivity index (χ0n) is 10.9. The molecule has 2 rings (SSSR count). The predicted octanol–water partition coefficient (Wildman–Crippen LogP) is 5.12. The number of nitrogens with one attached hydrogen (secondary N) is 1. The van der Waals surface area contributed by atoms with Gasteiger partial charge in [0.25, 0.3) is 0 Å². The second-order valence-electron chi connectivity index (χ2n) is 4.40. The van der Waals surface area contributed by atoms with Gasteiger partial charge in [-0.3, -0.25) is 0 Å². The maximum atomic E-state index is 12.9. The monoisotopic (exact) mass is 300 g/mol. The molecule has 0 aliphatic rings. The molecule has 2 aromatic heterocycles. The van der Waals surface area contributed by atoms with Crippen molar-refractivity contribution >= 4 is 17.2 Å². The van der Waals surface area contributed by atoms with Crippen molar-refractivity contribution in [3.05, 3.63) is 46.3 Å². The van der Waals surface area contributed by atoms with Crippen molar-refractivity contribution < 1.29 is 13.2 Å². The van der Waals surface area contributed by atoms with Gasteiger partial charge < -0.3 is 5.32 Å². The molecule has 0 saturated heterocycles. The van der Waals surface area contributed by atoms with Gasteiger partial charge in [-0.1, -0.05) is 19.4 Å². The van der Waals surface area contributed by atoms with Gasteiger partial charge in [0.05, 0.1) is 11.6 Å². The normalized spacial score (nSPS) is 13.2. The molecule has 20 heavy (non-hydrogen) atoms. The summed E-state index contributed by atoms with van der Waals surface area (Å²) >= 11 is 1.53. The number of pyridine rings is 1. The fourth-order valence-electron chi connectivity index (χ4n) is 1.98. The Morgan fingerprint density at radius 2 is 2.10 bits per heavy atom. The largest absolute Gasteiger partial charge is 0.419 e. The van der Waals surface area contributed by atoms with Gasteiger partial charge in [-0.15, -0.1) is 11.3 Å². The second-order valence-corrected chi connectivity index (χ2v) is 5.38. The van der Waals surface area contributed by atoms with Gasteiger partial charge >= 0.3 is 6.18 Å². The van der Waals surface area contributed by atoms with E-state index in [0.29, 0.717) is 0 Å². The molecule has 1 unspecified atom stereocenters. The Balaban J connectivity index is 2.28. The fraction of sp³-hybridized carbons (Fsp3) is 0.357. The van der Waals surface area contributed by atoms with Gasteiger partial charge in [0.2, 0.25) is 0 Å². The van der Waals surface area contributed by atoms with Crippen LogP contribution < -0.4 is 5.32 Å². The van der Waals surface area contributed by atoms with E-state index in [0.717, 1.165) is 23.8 Å². The highest BCUT2D eigenvalue weighted by Gasteiger charge is 2.34. The van der Waals surface area contributed by atoms with E-state index in [-0.39, 0.29) is 11.9 Å². The first-order valence-corrected chi connectivity index (χ1v) is 7.22. The SMILES string of the molecule is CCCC(Nc1ncccc1C(F)(F)F)c1cccs1. The van der Waals surface area contributed by atoms with E-state index in [2.05, 4.69) is 10.3 Å². The van der Waals surface area contributed by atoms with Crippen LogP contribution in [0.4, 0.5) is 19.0 Å². The van der Waals surface area contributed by atoms with Crippen molar-refractivity contribution in [2.75, 3.05) is 5.32 Å². The molecule has 1 atom stereocenters. The zero-order valence-corrected chi connectivity index (χ0v) is 11.8. The molecular weight excluding hydrogens is 285 g/mol. The van der Waals surface area contributed by atoms with Crippen LogP contribution in [0.5, 0.6) is 0 Å². The molecule has 0 fully saturated rings. The lowest BCUT2D eigenvalue weighted by molar-refractivity contribution is -0.137. The Morgan fingerprint density at radius 3 is 2.70 bits per heavy atom. The van der Waals surface area contributed by atoms with Gasteiger partial charge in [-0.25, -0.2) is 4.98 Å².